The van der Waals surface area contributed by atoms with E-state index >= 15 is 0 Å². The fourth-order valence-electron chi connectivity index (χ4n) is 4.02. The van der Waals surface area contributed by atoms with E-state index in [1.165, 1.54) is 16.7 Å². The van der Waals surface area contributed by atoms with Crippen molar-refractivity contribution in [1.82, 2.24) is 4.98 Å². The molecule has 8 heteroatoms. The molecule has 0 saturated carbocycles. The molecule has 0 spiro atoms. The standard InChI is InChI=1S/C21H16N2O4S2/c1-27-13-9-7-11(8-10-13)14-15-17(28-18-16(14)29-21(26)22-18)20(25)23(19(15)24)12-5-3-2-4-6-12/h2-10,14-15,17H,1H3,(H,22,26)/t14-,15?,17?/m1/s1. The number of H-pyrrole nitrogens is 1. The first kappa shape index (κ1) is 18.2. The maximum absolute atomic E-state index is 13.5. The lowest BCUT2D eigenvalue weighted by atomic mass is 9.83. The van der Waals surface area contributed by atoms with Crippen LogP contribution in [0.15, 0.2) is 64.4 Å². The molecular formula is C21H16N2O4S2. The van der Waals surface area contributed by atoms with Crippen LogP contribution >= 0.6 is 23.1 Å². The minimum Gasteiger partial charge on any atom is -0.497 e. The number of hydrogen-bond acceptors (Lipinski definition) is 6. The number of imide groups is 1. The number of nitrogens with zero attached hydrogens (tertiary/aromatic N) is 1. The molecule has 2 aromatic carbocycles. The van der Waals surface area contributed by atoms with Gasteiger partial charge in [0.15, 0.2) is 0 Å². The molecule has 1 saturated heterocycles. The third-order valence-electron chi connectivity index (χ3n) is 5.31. The number of nitrogens with one attached hydrogen (secondary N) is 1. The molecule has 2 amide bonds. The quantitative estimate of drug-likeness (QED) is 0.653. The van der Waals surface area contributed by atoms with E-state index in [0.717, 1.165) is 21.8 Å². The van der Waals surface area contributed by atoms with Crippen LogP contribution in [0, 0.1) is 5.92 Å². The molecule has 0 bridgehead atoms. The zero-order chi connectivity index (χ0) is 20.1. The van der Waals surface area contributed by atoms with Gasteiger partial charge in [0, 0.05) is 10.8 Å². The number of amides is 2. The van der Waals surface area contributed by atoms with Crippen molar-refractivity contribution in [3.05, 3.63) is 74.7 Å². The van der Waals surface area contributed by atoms with Crippen molar-refractivity contribution in [1.29, 1.82) is 0 Å². The maximum atomic E-state index is 13.5. The minimum absolute atomic E-state index is 0.180. The van der Waals surface area contributed by atoms with Crippen LogP contribution in [0.3, 0.4) is 0 Å². The molecule has 1 aromatic heterocycles. The molecule has 2 aliphatic heterocycles. The van der Waals surface area contributed by atoms with Crippen LogP contribution < -0.4 is 14.5 Å². The number of carbonyl (C=O) groups excluding carboxylic acids is 2. The fraction of sp³-hybridized carbons (Fsp3) is 0.190. The summed E-state index contributed by atoms with van der Waals surface area (Å²) in [5.74, 6) is -0.701. The largest absolute Gasteiger partial charge is 0.497 e. The number of fused-ring (bicyclic) bond motifs is 2. The molecule has 146 valence electrons. The van der Waals surface area contributed by atoms with E-state index in [0.29, 0.717) is 16.5 Å². The van der Waals surface area contributed by atoms with Crippen molar-refractivity contribution >= 4 is 40.6 Å². The molecular weight excluding hydrogens is 408 g/mol. The molecule has 1 N–H and O–H groups in total. The molecule has 6 nitrogen and oxygen atoms in total. The number of rotatable bonds is 3. The van der Waals surface area contributed by atoms with Gasteiger partial charge in [-0.3, -0.25) is 14.4 Å². The first-order valence-electron chi connectivity index (χ1n) is 9.05. The van der Waals surface area contributed by atoms with Gasteiger partial charge in [0.25, 0.3) is 0 Å². The lowest BCUT2D eigenvalue weighted by molar-refractivity contribution is -0.122. The maximum Gasteiger partial charge on any atom is 0.305 e. The van der Waals surface area contributed by atoms with Crippen LogP contribution in [0.25, 0.3) is 0 Å². The van der Waals surface area contributed by atoms with E-state index in [-0.39, 0.29) is 22.6 Å². The van der Waals surface area contributed by atoms with Gasteiger partial charge in [0.1, 0.15) is 11.0 Å². The van der Waals surface area contributed by atoms with E-state index in [9.17, 15) is 14.4 Å². The van der Waals surface area contributed by atoms with Crippen LogP contribution in [0.2, 0.25) is 0 Å². The Hall–Kier alpha value is -2.84. The van der Waals surface area contributed by atoms with Gasteiger partial charge in [0.05, 0.1) is 23.7 Å². The van der Waals surface area contributed by atoms with Crippen molar-refractivity contribution in [2.75, 3.05) is 12.0 Å². The predicted molar refractivity (Wildman–Crippen MR) is 112 cm³/mol. The number of thioether (sulfide) groups is 1. The third-order valence-corrected chi connectivity index (χ3v) is 7.71. The van der Waals surface area contributed by atoms with Gasteiger partial charge in [-0.15, -0.1) is 0 Å². The van der Waals surface area contributed by atoms with E-state index in [1.807, 2.05) is 30.3 Å². The first-order valence-corrected chi connectivity index (χ1v) is 10.7. The number of aromatic nitrogens is 1. The van der Waals surface area contributed by atoms with Crippen LogP contribution in [0.1, 0.15) is 16.4 Å². The number of aromatic amines is 1. The van der Waals surface area contributed by atoms with Gasteiger partial charge < -0.3 is 9.72 Å². The van der Waals surface area contributed by atoms with E-state index in [2.05, 4.69) is 4.98 Å². The zero-order valence-corrected chi connectivity index (χ0v) is 17.0. The smallest absolute Gasteiger partial charge is 0.305 e. The van der Waals surface area contributed by atoms with Crippen LogP contribution in [0.4, 0.5) is 5.69 Å². The lowest BCUT2D eigenvalue weighted by Gasteiger charge is -2.29. The Morgan fingerprint density at radius 3 is 2.38 bits per heavy atom. The summed E-state index contributed by atoms with van der Waals surface area (Å²) in [5, 5.41) is 0.102. The van der Waals surface area contributed by atoms with Gasteiger partial charge in [-0.1, -0.05) is 53.4 Å². The number of thiazole rings is 1. The molecule has 1 fully saturated rings. The van der Waals surface area contributed by atoms with Crippen molar-refractivity contribution in [3.63, 3.8) is 0 Å². The van der Waals surface area contributed by atoms with E-state index in [4.69, 9.17) is 4.74 Å². The highest BCUT2D eigenvalue weighted by Crippen LogP contribution is 2.53. The molecule has 0 aliphatic carbocycles. The summed E-state index contributed by atoms with van der Waals surface area (Å²) in [6.45, 7) is 0. The van der Waals surface area contributed by atoms with Gasteiger partial charge in [0.2, 0.25) is 11.8 Å². The Labute approximate surface area is 174 Å². The Bertz CT molecular complexity index is 1150. The molecule has 29 heavy (non-hydrogen) atoms. The highest BCUT2D eigenvalue weighted by atomic mass is 32.2. The molecule has 0 radical (unpaired) electrons. The van der Waals surface area contributed by atoms with Crippen LogP contribution in [0.5, 0.6) is 5.75 Å². The average molecular weight is 425 g/mol. The summed E-state index contributed by atoms with van der Waals surface area (Å²) < 4.78 is 5.24. The molecule has 3 aromatic rings. The third kappa shape index (κ3) is 2.82. The monoisotopic (exact) mass is 424 g/mol. The normalized spacial score (nSPS) is 23.1. The van der Waals surface area contributed by atoms with Crippen LogP contribution in [-0.4, -0.2) is 29.2 Å². The molecule has 3 heterocycles. The van der Waals surface area contributed by atoms with E-state index < -0.39 is 11.2 Å². The number of benzene rings is 2. The topological polar surface area (TPSA) is 79.5 Å². The highest BCUT2D eigenvalue weighted by molar-refractivity contribution is 8.00. The summed E-state index contributed by atoms with van der Waals surface area (Å²) in [4.78, 5) is 43.5. The molecule has 2 aliphatic rings. The fourth-order valence-corrected chi connectivity index (χ4v) is 6.53. The Morgan fingerprint density at radius 2 is 1.69 bits per heavy atom. The van der Waals surface area contributed by atoms with Crippen molar-refractivity contribution in [2.45, 2.75) is 16.2 Å². The SMILES string of the molecule is COc1ccc([C@H]2c3sc(=O)[nH]c3SC3C(=O)N(c4ccccc4)C(=O)C32)cc1. The number of ether oxygens (including phenoxy) is 1. The number of methoxy groups -OCH3 is 1. The molecule has 3 atom stereocenters. The predicted octanol–water partition coefficient (Wildman–Crippen LogP) is 3.24. The first-order chi connectivity index (χ1) is 14.1. The zero-order valence-electron chi connectivity index (χ0n) is 15.3. The average Bonchev–Trinajstić information content (AvgIpc) is 3.23. The summed E-state index contributed by atoms with van der Waals surface area (Å²) in [6, 6.07) is 16.4. The Morgan fingerprint density at radius 1 is 0.966 bits per heavy atom. The lowest BCUT2D eigenvalue weighted by Crippen LogP contribution is -2.32. The second-order valence-corrected chi connectivity index (χ2v) is 9.04. The Kier molecular flexibility index (Phi) is 4.33. The van der Waals surface area contributed by atoms with Crippen LogP contribution in [-0.2, 0) is 9.59 Å². The second kappa shape index (κ2) is 6.89. The van der Waals surface area contributed by atoms with E-state index in [1.54, 1.807) is 31.4 Å². The number of para-hydroxylation sites is 1. The van der Waals surface area contributed by atoms with Crippen molar-refractivity contribution in [2.24, 2.45) is 5.92 Å². The summed E-state index contributed by atoms with van der Waals surface area (Å²) in [5.41, 5.74) is 1.46. The van der Waals surface area contributed by atoms with Gasteiger partial charge in [-0.05, 0) is 29.8 Å². The number of anilines is 1. The molecule has 2 unspecified atom stereocenters. The van der Waals surface area contributed by atoms with Gasteiger partial charge in [-0.2, -0.15) is 0 Å². The van der Waals surface area contributed by atoms with Crippen molar-refractivity contribution in [3.8, 4) is 5.75 Å². The molecule has 5 rings (SSSR count). The number of hydrogen-bond donors (Lipinski definition) is 1. The summed E-state index contributed by atoms with van der Waals surface area (Å²) in [7, 11) is 1.59. The summed E-state index contributed by atoms with van der Waals surface area (Å²) >= 11 is 2.39. The minimum atomic E-state index is -0.576. The Balaban J connectivity index is 1.64. The van der Waals surface area contributed by atoms with Gasteiger partial charge >= 0.3 is 4.87 Å². The number of carbonyl (C=O) groups is 2. The highest BCUT2D eigenvalue weighted by Gasteiger charge is 2.56. The second-order valence-electron chi connectivity index (χ2n) is 6.87. The summed E-state index contributed by atoms with van der Waals surface area (Å²) in [6.07, 6.45) is 0. The van der Waals surface area contributed by atoms with Crippen molar-refractivity contribution < 1.29 is 14.3 Å². The van der Waals surface area contributed by atoms with Gasteiger partial charge in [-0.25, -0.2) is 4.90 Å².